The Morgan fingerprint density at radius 1 is 1.21 bits per heavy atom. The number of ether oxygens (including phenoxy) is 2. The topological polar surface area (TPSA) is 61.3 Å². The second-order valence-corrected chi connectivity index (χ2v) is 4.02. The monoisotopic (exact) mass is 278 g/mol. The highest BCUT2D eigenvalue weighted by molar-refractivity contribution is 6.30. The van der Waals surface area contributed by atoms with Crippen LogP contribution < -0.4 is 9.47 Å². The summed E-state index contributed by atoms with van der Waals surface area (Å²) in [5.74, 6) is 0.438. The number of hydrogen-bond acceptors (Lipinski definition) is 5. The molecule has 0 unspecified atom stereocenters. The van der Waals surface area contributed by atoms with Gasteiger partial charge in [-0.25, -0.2) is 9.97 Å². The summed E-state index contributed by atoms with van der Waals surface area (Å²) in [4.78, 5) is 19.8. The Labute approximate surface area is 115 Å². The Bertz CT molecular complexity index is 572. The van der Waals surface area contributed by atoms with Crippen LogP contribution >= 0.6 is 11.6 Å². The number of ketones is 1. The van der Waals surface area contributed by atoms with E-state index in [1.807, 2.05) is 0 Å². The van der Waals surface area contributed by atoms with E-state index in [4.69, 9.17) is 21.1 Å². The molecule has 0 saturated carbocycles. The maximum absolute atomic E-state index is 11.9. The van der Waals surface area contributed by atoms with E-state index < -0.39 is 0 Å². The fourth-order valence-electron chi connectivity index (χ4n) is 1.41. The maximum atomic E-state index is 11.9. The highest BCUT2D eigenvalue weighted by Gasteiger charge is 2.15. The molecule has 0 saturated heterocycles. The second-order valence-electron chi connectivity index (χ2n) is 3.58. The largest absolute Gasteiger partial charge is 0.485 e. The molecule has 0 amide bonds. The third-order valence-electron chi connectivity index (χ3n) is 2.31. The fourth-order valence-corrected chi connectivity index (χ4v) is 1.54. The zero-order valence-corrected chi connectivity index (χ0v) is 10.9. The number of rotatable bonds is 5. The molecule has 0 spiro atoms. The van der Waals surface area contributed by atoms with Crippen molar-refractivity contribution in [1.29, 1.82) is 0 Å². The Kier molecular flexibility index (Phi) is 4.30. The molecular weight excluding hydrogens is 268 g/mol. The minimum atomic E-state index is -0.306. The second kappa shape index (κ2) is 6.15. The molecule has 5 nitrogen and oxygen atoms in total. The summed E-state index contributed by atoms with van der Waals surface area (Å²) in [6, 6.07) is 6.74. The van der Waals surface area contributed by atoms with E-state index in [9.17, 15) is 4.79 Å². The maximum Gasteiger partial charge on any atom is 0.243 e. The van der Waals surface area contributed by atoms with Gasteiger partial charge in [0.05, 0.1) is 7.11 Å². The average molecular weight is 279 g/mol. The number of methoxy groups -OCH3 is 1. The SMILES string of the molecule is COc1nccnc1C(=O)COc1ccc(Cl)cc1. The van der Waals surface area contributed by atoms with Crippen LogP contribution in [-0.2, 0) is 0 Å². The molecule has 0 atom stereocenters. The van der Waals surface area contributed by atoms with Gasteiger partial charge in [0.1, 0.15) is 5.75 Å². The van der Waals surface area contributed by atoms with E-state index in [0.29, 0.717) is 10.8 Å². The number of benzene rings is 1. The number of halogens is 1. The molecule has 0 fully saturated rings. The normalized spacial score (nSPS) is 10.0. The first kappa shape index (κ1) is 13.3. The number of Topliss-reactive ketones (excluding diaryl/α,β-unsaturated/α-hetero) is 1. The van der Waals surface area contributed by atoms with E-state index in [1.165, 1.54) is 19.5 Å². The van der Waals surface area contributed by atoms with Crippen molar-refractivity contribution >= 4 is 17.4 Å². The third kappa shape index (κ3) is 3.42. The van der Waals surface area contributed by atoms with Crippen LogP contribution in [0.5, 0.6) is 11.6 Å². The molecule has 0 aliphatic heterocycles. The quantitative estimate of drug-likeness (QED) is 0.786. The number of carbonyl (C=O) groups excluding carboxylic acids is 1. The van der Waals surface area contributed by atoms with Gasteiger partial charge in [0.25, 0.3) is 0 Å². The lowest BCUT2D eigenvalue weighted by Crippen LogP contribution is -2.14. The van der Waals surface area contributed by atoms with Gasteiger partial charge in [0.2, 0.25) is 11.7 Å². The van der Waals surface area contributed by atoms with Gasteiger partial charge in [-0.1, -0.05) is 11.6 Å². The molecule has 1 aromatic heterocycles. The zero-order chi connectivity index (χ0) is 13.7. The molecule has 0 radical (unpaired) electrons. The highest BCUT2D eigenvalue weighted by atomic mass is 35.5. The van der Waals surface area contributed by atoms with Crippen molar-refractivity contribution < 1.29 is 14.3 Å². The summed E-state index contributed by atoms with van der Waals surface area (Å²) in [7, 11) is 1.43. The minimum Gasteiger partial charge on any atom is -0.485 e. The van der Waals surface area contributed by atoms with Gasteiger partial charge in [0, 0.05) is 17.4 Å². The van der Waals surface area contributed by atoms with Gasteiger partial charge in [-0.3, -0.25) is 4.79 Å². The Morgan fingerprint density at radius 2 is 1.89 bits per heavy atom. The van der Waals surface area contributed by atoms with Gasteiger partial charge in [-0.15, -0.1) is 0 Å². The molecule has 2 rings (SSSR count). The molecule has 6 heteroatoms. The number of carbonyl (C=O) groups is 1. The first-order valence-corrected chi connectivity index (χ1v) is 5.85. The van der Waals surface area contributed by atoms with E-state index in [1.54, 1.807) is 24.3 Å². The van der Waals surface area contributed by atoms with Crippen LogP contribution in [-0.4, -0.2) is 29.5 Å². The Morgan fingerprint density at radius 3 is 2.58 bits per heavy atom. The number of hydrogen-bond donors (Lipinski definition) is 0. The van der Waals surface area contributed by atoms with Crippen molar-refractivity contribution in [3.8, 4) is 11.6 Å². The molecule has 0 N–H and O–H groups in total. The number of aromatic nitrogens is 2. The van der Waals surface area contributed by atoms with Crippen molar-refractivity contribution in [2.45, 2.75) is 0 Å². The molecule has 19 heavy (non-hydrogen) atoms. The van der Waals surface area contributed by atoms with Gasteiger partial charge in [0.15, 0.2) is 12.3 Å². The highest BCUT2D eigenvalue weighted by Crippen LogP contribution is 2.16. The van der Waals surface area contributed by atoms with Crippen molar-refractivity contribution in [2.75, 3.05) is 13.7 Å². The first-order valence-electron chi connectivity index (χ1n) is 5.47. The van der Waals surface area contributed by atoms with Crippen LogP contribution in [0.4, 0.5) is 0 Å². The van der Waals surface area contributed by atoms with Gasteiger partial charge < -0.3 is 9.47 Å². The lowest BCUT2D eigenvalue weighted by molar-refractivity contribution is 0.0912. The van der Waals surface area contributed by atoms with E-state index in [2.05, 4.69) is 9.97 Å². The summed E-state index contributed by atoms with van der Waals surface area (Å²) in [5, 5.41) is 0.606. The summed E-state index contributed by atoms with van der Waals surface area (Å²) in [6.07, 6.45) is 2.88. The van der Waals surface area contributed by atoms with Crippen LogP contribution in [0.3, 0.4) is 0 Å². The first-order chi connectivity index (χ1) is 9.20. The predicted molar refractivity (Wildman–Crippen MR) is 69.9 cm³/mol. The lowest BCUT2D eigenvalue weighted by Gasteiger charge is -2.07. The van der Waals surface area contributed by atoms with E-state index in [-0.39, 0.29) is 24.0 Å². The van der Waals surface area contributed by atoms with Crippen molar-refractivity contribution in [3.05, 3.63) is 47.4 Å². The predicted octanol–water partition coefficient (Wildman–Crippen LogP) is 2.40. The lowest BCUT2D eigenvalue weighted by atomic mass is 10.3. The molecule has 1 heterocycles. The standard InChI is InChI=1S/C13H11ClN2O3/c1-18-13-12(15-6-7-16-13)11(17)8-19-10-4-2-9(14)3-5-10/h2-7H,8H2,1H3. The van der Waals surface area contributed by atoms with Crippen LogP contribution in [0, 0.1) is 0 Å². The third-order valence-corrected chi connectivity index (χ3v) is 2.56. The van der Waals surface area contributed by atoms with Crippen molar-refractivity contribution in [2.24, 2.45) is 0 Å². The Balaban J connectivity index is 2.03. The van der Waals surface area contributed by atoms with E-state index >= 15 is 0 Å². The van der Waals surface area contributed by atoms with Gasteiger partial charge >= 0.3 is 0 Å². The summed E-state index contributed by atoms with van der Waals surface area (Å²) < 4.78 is 10.3. The van der Waals surface area contributed by atoms with E-state index in [0.717, 1.165) is 0 Å². The average Bonchev–Trinajstić information content (AvgIpc) is 2.46. The number of nitrogens with zero attached hydrogens (tertiary/aromatic N) is 2. The zero-order valence-electron chi connectivity index (χ0n) is 10.2. The van der Waals surface area contributed by atoms with Crippen molar-refractivity contribution in [3.63, 3.8) is 0 Å². The molecule has 0 aliphatic rings. The molecule has 0 bridgehead atoms. The van der Waals surface area contributed by atoms with Crippen LogP contribution in [0.1, 0.15) is 10.5 Å². The summed E-state index contributed by atoms with van der Waals surface area (Å²) in [5.41, 5.74) is 0.152. The fraction of sp³-hybridized carbons (Fsp3) is 0.154. The molecule has 2 aromatic rings. The summed E-state index contributed by atoms with van der Waals surface area (Å²) in [6.45, 7) is -0.142. The van der Waals surface area contributed by atoms with Crippen molar-refractivity contribution in [1.82, 2.24) is 9.97 Å². The summed E-state index contributed by atoms with van der Waals surface area (Å²) >= 11 is 5.75. The van der Waals surface area contributed by atoms with Gasteiger partial charge in [-0.05, 0) is 24.3 Å². The minimum absolute atomic E-state index is 0.142. The molecule has 98 valence electrons. The molecular formula is C13H11ClN2O3. The smallest absolute Gasteiger partial charge is 0.243 e. The van der Waals surface area contributed by atoms with Crippen LogP contribution in [0.25, 0.3) is 0 Å². The molecule has 1 aromatic carbocycles. The molecule has 0 aliphatic carbocycles. The Hall–Kier alpha value is -2.14. The van der Waals surface area contributed by atoms with Crippen LogP contribution in [0.2, 0.25) is 5.02 Å². The van der Waals surface area contributed by atoms with Crippen LogP contribution in [0.15, 0.2) is 36.7 Å². The van der Waals surface area contributed by atoms with Gasteiger partial charge in [-0.2, -0.15) is 0 Å².